The lowest BCUT2D eigenvalue weighted by atomic mass is 9.97. The van der Waals surface area contributed by atoms with Gasteiger partial charge < -0.3 is 15.0 Å². The summed E-state index contributed by atoms with van der Waals surface area (Å²) in [5.41, 5.74) is 1.67. The van der Waals surface area contributed by atoms with Crippen molar-refractivity contribution in [3.8, 4) is 0 Å². The first-order valence-corrected chi connectivity index (χ1v) is 11.7. The second-order valence-corrected chi connectivity index (χ2v) is 9.39. The van der Waals surface area contributed by atoms with Crippen LogP contribution in [0.5, 0.6) is 0 Å². The number of nitrogens with zero attached hydrogens (tertiary/aromatic N) is 2. The summed E-state index contributed by atoms with van der Waals surface area (Å²) in [6, 6.07) is 5.49. The molecule has 0 spiro atoms. The predicted octanol–water partition coefficient (Wildman–Crippen LogP) is 1.92. The van der Waals surface area contributed by atoms with Crippen LogP contribution in [0.3, 0.4) is 0 Å². The van der Waals surface area contributed by atoms with E-state index in [9.17, 15) is 18.0 Å². The smallest absolute Gasteiger partial charge is 0.341 e. The van der Waals surface area contributed by atoms with Gasteiger partial charge in [0.05, 0.1) is 18.8 Å². The maximum absolute atomic E-state index is 13.3. The summed E-state index contributed by atoms with van der Waals surface area (Å²) < 4.78 is 33.1. The number of piperidine rings is 1. The number of carbonyl (C=O) groups is 2. The Hall–Kier alpha value is -2.72. The molecule has 0 aliphatic carbocycles. The van der Waals surface area contributed by atoms with Crippen molar-refractivity contribution in [3.63, 3.8) is 0 Å². The van der Waals surface area contributed by atoms with Crippen LogP contribution in [0, 0.1) is 19.8 Å². The second-order valence-electron chi connectivity index (χ2n) is 7.52. The number of nitrogens with one attached hydrogen (secondary N) is 2. The molecule has 1 amide bonds. The molecule has 0 unspecified atom stereocenters. The molecule has 0 radical (unpaired) electrons. The molecule has 0 atom stereocenters. The van der Waals surface area contributed by atoms with Crippen molar-refractivity contribution in [2.45, 2.75) is 45.1 Å². The molecule has 2 aromatic rings. The quantitative estimate of drug-likeness (QED) is 0.624. The minimum atomic E-state index is -3.91. The van der Waals surface area contributed by atoms with Crippen molar-refractivity contribution in [2.75, 3.05) is 19.7 Å². The Morgan fingerprint density at radius 3 is 2.55 bits per heavy atom. The van der Waals surface area contributed by atoms with Crippen LogP contribution in [0.25, 0.3) is 0 Å². The van der Waals surface area contributed by atoms with Crippen LogP contribution in [-0.4, -0.2) is 54.3 Å². The molecule has 10 heteroatoms. The van der Waals surface area contributed by atoms with Crippen LogP contribution in [0.15, 0.2) is 29.3 Å². The second kappa shape index (κ2) is 9.61. The minimum absolute atomic E-state index is 0.0403. The van der Waals surface area contributed by atoms with Gasteiger partial charge in [0.25, 0.3) is 0 Å². The number of amides is 1. The summed E-state index contributed by atoms with van der Waals surface area (Å²) in [6.07, 6.45) is 2.48. The van der Waals surface area contributed by atoms with Crippen molar-refractivity contribution in [2.24, 2.45) is 5.92 Å². The normalized spacial score (nSPS) is 15.6. The van der Waals surface area contributed by atoms with Crippen molar-refractivity contribution in [1.29, 1.82) is 0 Å². The van der Waals surface area contributed by atoms with E-state index in [1.807, 2.05) is 18.2 Å². The molecule has 2 aromatic heterocycles. The number of sulfonamides is 1. The van der Waals surface area contributed by atoms with Crippen molar-refractivity contribution >= 4 is 21.9 Å². The van der Waals surface area contributed by atoms with Gasteiger partial charge in [-0.2, -0.15) is 4.31 Å². The summed E-state index contributed by atoms with van der Waals surface area (Å²) in [5, 5.41) is 2.87. The molecule has 31 heavy (non-hydrogen) atoms. The summed E-state index contributed by atoms with van der Waals surface area (Å²) in [4.78, 5) is 32.0. The van der Waals surface area contributed by atoms with E-state index in [2.05, 4.69) is 15.3 Å². The van der Waals surface area contributed by atoms with E-state index in [-0.39, 0.29) is 42.0 Å². The van der Waals surface area contributed by atoms with Crippen molar-refractivity contribution < 1.29 is 22.7 Å². The highest BCUT2D eigenvalue weighted by molar-refractivity contribution is 7.89. The largest absolute Gasteiger partial charge is 0.462 e. The fraction of sp³-hybridized carbons (Fsp3) is 0.476. The lowest BCUT2D eigenvalue weighted by Gasteiger charge is -2.30. The Balaban J connectivity index is 1.68. The number of ether oxygens (including phenoxy) is 1. The third-order valence-corrected chi connectivity index (χ3v) is 7.46. The highest BCUT2D eigenvalue weighted by atomic mass is 32.2. The molecule has 0 aromatic carbocycles. The van der Waals surface area contributed by atoms with E-state index in [1.54, 1.807) is 27.0 Å². The molecule has 0 saturated carbocycles. The third-order valence-electron chi connectivity index (χ3n) is 5.39. The molecule has 1 fully saturated rings. The minimum Gasteiger partial charge on any atom is -0.462 e. The molecular weight excluding hydrogens is 420 g/mol. The Morgan fingerprint density at radius 2 is 1.94 bits per heavy atom. The molecule has 168 valence electrons. The molecule has 2 N–H and O–H groups in total. The fourth-order valence-corrected chi connectivity index (χ4v) is 5.72. The molecule has 9 nitrogen and oxygen atoms in total. The molecule has 3 rings (SSSR count). The number of hydrogen-bond acceptors (Lipinski definition) is 6. The van der Waals surface area contributed by atoms with Crippen LogP contribution in [0.2, 0.25) is 0 Å². The first-order chi connectivity index (χ1) is 14.8. The van der Waals surface area contributed by atoms with Crippen LogP contribution in [-0.2, 0) is 26.1 Å². The van der Waals surface area contributed by atoms with Gasteiger partial charge in [0.15, 0.2) is 0 Å². The Bertz CT molecular complexity index is 1040. The highest BCUT2D eigenvalue weighted by Crippen LogP contribution is 2.30. The number of hydrogen-bond donors (Lipinski definition) is 2. The van der Waals surface area contributed by atoms with Gasteiger partial charge in [-0.3, -0.25) is 9.78 Å². The Morgan fingerprint density at radius 1 is 1.23 bits per heavy atom. The van der Waals surface area contributed by atoms with Crippen molar-refractivity contribution in [1.82, 2.24) is 19.6 Å². The van der Waals surface area contributed by atoms with Crippen LogP contribution < -0.4 is 5.32 Å². The number of carbonyl (C=O) groups excluding carboxylic acids is 2. The molecule has 1 saturated heterocycles. The first-order valence-electron chi connectivity index (χ1n) is 10.3. The maximum Gasteiger partial charge on any atom is 0.341 e. The van der Waals surface area contributed by atoms with Crippen molar-refractivity contribution in [3.05, 3.63) is 47.0 Å². The number of esters is 1. The maximum atomic E-state index is 13.3. The molecule has 1 aliphatic heterocycles. The number of aryl methyl sites for hydroxylation is 2. The van der Waals surface area contributed by atoms with E-state index in [0.29, 0.717) is 30.8 Å². The summed E-state index contributed by atoms with van der Waals surface area (Å²) in [7, 11) is -3.91. The number of rotatable bonds is 7. The first kappa shape index (κ1) is 23.0. The van der Waals surface area contributed by atoms with Gasteiger partial charge in [-0.25, -0.2) is 13.2 Å². The molecule has 1 aliphatic rings. The highest BCUT2D eigenvalue weighted by Gasteiger charge is 2.37. The molecule has 0 bridgehead atoms. The summed E-state index contributed by atoms with van der Waals surface area (Å²) in [6.45, 7) is 5.84. The average molecular weight is 449 g/mol. The van der Waals surface area contributed by atoms with Crippen LogP contribution in [0.4, 0.5) is 0 Å². The summed E-state index contributed by atoms with van der Waals surface area (Å²) >= 11 is 0. The van der Waals surface area contributed by atoms with Gasteiger partial charge >= 0.3 is 5.97 Å². The topological polar surface area (TPSA) is 121 Å². The van der Waals surface area contributed by atoms with E-state index in [0.717, 1.165) is 5.69 Å². The van der Waals surface area contributed by atoms with E-state index in [1.165, 1.54) is 4.31 Å². The van der Waals surface area contributed by atoms with Gasteiger partial charge in [-0.15, -0.1) is 0 Å². The molecule has 3 heterocycles. The lowest BCUT2D eigenvalue weighted by Crippen LogP contribution is -2.43. The van der Waals surface area contributed by atoms with Gasteiger partial charge in [-0.1, -0.05) is 6.07 Å². The zero-order chi connectivity index (χ0) is 22.6. The van der Waals surface area contributed by atoms with Crippen LogP contribution in [0.1, 0.15) is 47.2 Å². The number of pyridine rings is 1. The average Bonchev–Trinajstić information content (AvgIpc) is 3.07. The molecular formula is C21H28N4O5S. The SMILES string of the molecule is CCOC(=O)c1c(C)[nH]c(C)c1S(=O)(=O)N1CCC(C(=O)NCc2ccccn2)CC1. The van der Waals surface area contributed by atoms with Gasteiger partial charge in [0, 0.05) is 36.6 Å². The van der Waals surface area contributed by atoms with Gasteiger partial charge in [0.1, 0.15) is 10.5 Å². The lowest BCUT2D eigenvalue weighted by molar-refractivity contribution is -0.126. The number of aromatic nitrogens is 2. The fourth-order valence-electron chi connectivity index (χ4n) is 3.84. The number of aromatic amines is 1. The zero-order valence-corrected chi connectivity index (χ0v) is 18.8. The van der Waals surface area contributed by atoms with E-state index in [4.69, 9.17) is 4.74 Å². The van der Waals surface area contributed by atoms with Gasteiger partial charge in [0.2, 0.25) is 15.9 Å². The Kier molecular flexibility index (Phi) is 7.11. The van der Waals surface area contributed by atoms with E-state index < -0.39 is 16.0 Å². The van der Waals surface area contributed by atoms with Gasteiger partial charge in [-0.05, 0) is 45.7 Å². The zero-order valence-electron chi connectivity index (χ0n) is 18.0. The predicted molar refractivity (Wildman–Crippen MR) is 114 cm³/mol. The van der Waals surface area contributed by atoms with E-state index >= 15 is 0 Å². The standard InChI is InChI=1S/C21H28N4O5S/c1-4-30-21(27)18-14(2)24-15(3)19(18)31(28,29)25-11-8-16(9-12-25)20(26)23-13-17-7-5-6-10-22-17/h5-7,10,16,24H,4,8-9,11-13H2,1-3H3,(H,23,26). The Labute approximate surface area is 182 Å². The number of H-pyrrole nitrogens is 1. The monoisotopic (exact) mass is 448 g/mol. The van der Waals surface area contributed by atoms with Crippen LogP contribution >= 0.6 is 0 Å². The third kappa shape index (κ3) is 4.96. The summed E-state index contributed by atoms with van der Waals surface area (Å²) in [5.74, 6) is -1.04.